The minimum atomic E-state index is 0.00838. The van der Waals surface area contributed by atoms with Gasteiger partial charge in [-0.15, -0.1) is 0 Å². The van der Waals surface area contributed by atoms with E-state index in [0.29, 0.717) is 6.04 Å². The summed E-state index contributed by atoms with van der Waals surface area (Å²) in [4.78, 5) is 2.44. The van der Waals surface area contributed by atoms with Gasteiger partial charge in [0.15, 0.2) is 6.29 Å². The van der Waals surface area contributed by atoms with Gasteiger partial charge < -0.3 is 14.8 Å². The molecular weight excluding hydrogens is 300 g/mol. The lowest BCUT2D eigenvalue weighted by atomic mass is 10.2. The van der Waals surface area contributed by atoms with E-state index in [4.69, 9.17) is 9.47 Å². The number of hydrogen-bond acceptors (Lipinski definition) is 4. The van der Waals surface area contributed by atoms with Gasteiger partial charge in [-0.1, -0.05) is 44.2 Å². The van der Waals surface area contributed by atoms with Crippen molar-refractivity contribution in [2.24, 2.45) is 0 Å². The maximum Gasteiger partial charge on any atom is 0.157 e. The van der Waals surface area contributed by atoms with Gasteiger partial charge in [0.25, 0.3) is 0 Å². The molecule has 1 heterocycles. The minimum absolute atomic E-state index is 0.00838. The Morgan fingerprint density at radius 3 is 2.62 bits per heavy atom. The summed E-state index contributed by atoms with van der Waals surface area (Å²) in [6, 6.07) is 11.1. The number of rotatable bonds is 9. The molecule has 1 aromatic rings. The van der Waals surface area contributed by atoms with Crippen molar-refractivity contribution in [1.29, 1.82) is 0 Å². The normalized spacial score (nSPS) is 18.8. The first kappa shape index (κ1) is 21.1. The molecule has 0 amide bonds. The molecule has 1 aliphatic rings. The average Bonchev–Trinajstić information content (AvgIpc) is 2.65. The van der Waals surface area contributed by atoms with E-state index in [0.717, 1.165) is 39.3 Å². The molecule has 0 bridgehead atoms. The van der Waals surface area contributed by atoms with E-state index < -0.39 is 0 Å². The summed E-state index contributed by atoms with van der Waals surface area (Å²) in [6.07, 6.45) is 3.43. The predicted molar refractivity (Wildman–Crippen MR) is 101 cm³/mol. The summed E-state index contributed by atoms with van der Waals surface area (Å²) < 4.78 is 11.5. The molecule has 4 nitrogen and oxygen atoms in total. The van der Waals surface area contributed by atoms with Gasteiger partial charge in [0, 0.05) is 32.3 Å². The Labute approximate surface area is 148 Å². The van der Waals surface area contributed by atoms with Crippen LogP contribution in [0.4, 0.5) is 0 Å². The third-order valence-electron chi connectivity index (χ3n) is 4.12. The van der Waals surface area contributed by atoms with Crippen LogP contribution in [0.2, 0.25) is 0 Å². The summed E-state index contributed by atoms with van der Waals surface area (Å²) in [5.74, 6) is 0. The smallest absolute Gasteiger partial charge is 0.157 e. The van der Waals surface area contributed by atoms with Gasteiger partial charge in [0.2, 0.25) is 0 Å². The van der Waals surface area contributed by atoms with Crippen molar-refractivity contribution >= 4 is 0 Å². The van der Waals surface area contributed by atoms with Gasteiger partial charge >= 0.3 is 0 Å². The SMILES string of the molecule is CC.CNC(C)CN(CCOC1CCCCO1)Cc1ccccc1. The molecule has 1 N–H and O–H groups in total. The first-order chi connectivity index (χ1) is 11.8. The summed E-state index contributed by atoms with van der Waals surface area (Å²) in [5, 5.41) is 3.31. The van der Waals surface area contributed by atoms with Gasteiger partial charge in [-0.05, 0) is 38.8 Å². The lowest BCUT2D eigenvalue weighted by Gasteiger charge is -2.28. The quantitative estimate of drug-likeness (QED) is 0.746. The Balaban J connectivity index is 0.00000139. The molecule has 2 rings (SSSR count). The molecule has 0 spiro atoms. The molecule has 4 heteroatoms. The highest BCUT2D eigenvalue weighted by Crippen LogP contribution is 2.13. The molecule has 2 atom stereocenters. The fraction of sp³-hybridized carbons (Fsp3) is 0.700. The number of likely N-dealkylation sites (N-methyl/N-ethyl adjacent to an activating group) is 1. The molecule has 1 aliphatic heterocycles. The molecule has 1 fully saturated rings. The molecule has 1 aromatic carbocycles. The summed E-state index contributed by atoms with van der Waals surface area (Å²) >= 11 is 0. The van der Waals surface area contributed by atoms with E-state index in [-0.39, 0.29) is 6.29 Å². The van der Waals surface area contributed by atoms with Crippen LogP contribution in [-0.2, 0) is 16.0 Å². The fourth-order valence-electron chi connectivity index (χ4n) is 2.71. The Bertz CT molecular complexity index is 394. The molecule has 0 saturated carbocycles. The number of ether oxygens (including phenoxy) is 2. The average molecular weight is 337 g/mol. The second kappa shape index (κ2) is 13.4. The Hall–Kier alpha value is -0.940. The molecule has 0 aliphatic carbocycles. The number of nitrogens with zero attached hydrogens (tertiary/aromatic N) is 1. The van der Waals surface area contributed by atoms with Crippen molar-refractivity contribution in [3.05, 3.63) is 35.9 Å². The molecule has 0 aromatic heterocycles. The second-order valence-electron chi connectivity index (χ2n) is 6.08. The molecule has 24 heavy (non-hydrogen) atoms. The summed E-state index contributed by atoms with van der Waals surface area (Å²) in [7, 11) is 2.01. The van der Waals surface area contributed by atoms with Crippen LogP contribution in [0.15, 0.2) is 30.3 Å². The van der Waals surface area contributed by atoms with Gasteiger partial charge in [-0.2, -0.15) is 0 Å². The standard InChI is InChI=1S/C18H30N2O2.C2H6/c1-16(19-2)14-20(15-17-8-4-3-5-9-17)11-13-22-18-10-6-7-12-21-18;1-2/h3-5,8-9,16,18-19H,6-7,10-15H2,1-2H3;1-2H3. The van der Waals surface area contributed by atoms with Crippen LogP contribution in [0, 0.1) is 0 Å². The van der Waals surface area contributed by atoms with E-state index in [9.17, 15) is 0 Å². The molecule has 2 unspecified atom stereocenters. The Kier molecular flexibility index (Phi) is 11.7. The van der Waals surface area contributed by atoms with Gasteiger partial charge in [-0.25, -0.2) is 0 Å². The zero-order valence-electron chi connectivity index (χ0n) is 16.0. The van der Waals surface area contributed by atoms with Crippen molar-refractivity contribution in [2.75, 3.05) is 33.4 Å². The monoisotopic (exact) mass is 336 g/mol. The van der Waals surface area contributed by atoms with Gasteiger partial charge in [0.05, 0.1) is 6.61 Å². The second-order valence-corrected chi connectivity index (χ2v) is 6.08. The first-order valence-electron chi connectivity index (χ1n) is 9.44. The van der Waals surface area contributed by atoms with Crippen molar-refractivity contribution in [3.8, 4) is 0 Å². The van der Waals surface area contributed by atoms with Crippen LogP contribution in [0.3, 0.4) is 0 Å². The zero-order chi connectivity index (χ0) is 17.6. The highest BCUT2D eigenvalue weighted by atomic mass is 16.7. The maximum atomic E-state index is 5.88. The van der Waals surface area contributed by atoms with E-state index in [2.05, 4.69) is 47.5 Å². The minimum Gasteiger partial charge on any atom is -0.353 e. The van der Waals surface area contributed by atoms with Crippen LogP contribution in [-0.4, -0.2) is 50.6 Å². The molecule has 0 radical (unpaired) electrons. The van der Waals surface area contributed by atoms with Crippen LogP contribution in [0.1, 0.15) is 45.6 Å². The van der Waals surface area contributed by atoms with Gasteiger partial charge in [-0.3, -0.25) is 4.90 Å². The molecular formula is C20H36N2O2. The lowest BCUT2D eigenvalue weighted by molar-refractivity contribution is -0.164. The summed E-state index contributed by atoms with van der Waals surface area (Å²) in [5.41, 5.74) is 1.35. The summed E-state index contributed by atoms with van der Waals surface area (Å²) in [6.45, 7) is 10.7. The molecule has 138 valence electrons. The predicted octanol–water partition coefficient (Wildman–Crippen LogP) is 3.67. The van der Waals surface area contributed by atoms with Crippen molar-refractivity contribution in [1.82, 2.24) is 10.2 Å². The topological polar surface area (TPSA) is 33.7 Å². The highest BCUT2D eigenvalue weighted by molar-refractivity contribution is 5.14. The number of hydrogen-bond donors (Lipinski definition) is 1. The lowest BCUT2D eigenvalue weighted by Crippen LogP contribution is -2.39. The van der Waals surface area contributed by atoms with Crippen LogP contribution < -0.4 is 5.32 Å². The number of benzene rings is 1. The first-order valence-corrected chi connectivity index (χ1v) is 9.44. The Morgan fingerprint density at radius 2 is 2.00 bits per heavy atom. The van der Waals surface area contributed by atoms with E-state index in [1.54, 1.807) is 0 Å². The van der Waals surface area contributed by atoms with Crippen LogP contribution >= 0.6 is 0 Å². The van der Waals surface area contributed by atoms with Crippen molar-refractivity contribution in [3.63, 3.8) is 0 Å². The van der Waals surface area contributed by atoms with Crippen LogP contribution in [0.5, 0.6) is 0 Å². The molecule has 1 saturated heterocycles. The zero-order valence-corrected chi connectivity index (χ0v) is 16.0. The van der Waals surface area contributed by atoms with Crippen molar-refractivity contribution < 1.29 is 9.47 Å². The van der Waals surface area contributed by atoms with E-state index >= 15 is 0 Å². The van der Waals surface area contributed by atoms with Crippen LogP contribution in [0.25, 0.3) is 0 Å². The van der Waals surface area contributed by atoms with Gasteiger partial charge in [0.1, 0.15) is 0 Å². The Morgan fingerprint density at radius 1 is 1.25 bits per heavy atom. The van der Waals surface area contributed by atoms with E-state index in [1.165, 1.54) is 18.4 Å². The highest BCUT2D eigenvalue weighted by Gasteiger charge is 2.15. The third kappa shape index (κ3) is 8.78. The third-order valence-corrected chi connectivity index (χ3v) is 4.12. The fourth-order valence-corrected chi connectivity index (χ4v) is 2.71. The number of nitrogens with one attached hydrogen (secondary N) is 1. The largest absolute Gasteiger partial charge is 0.353 e. The maximum absolute atomic E-state index is 5.88. The van der Waals surface area contributed by atoms with E-state index in [1.807, 2.05) is 20.9 Å². The van der Waals surface area contributed by atoms with Crippen molar-refractivity contribution in [2.45, 2.75) is 58.9 Å².